The summed E-state index contributed by atoms with van der Waals surface area (Å²) in [4.78, 5) is 21.9. The number of hydrazone groups is 1. The van der Waals surface area contributed by atoms with Gasteiger partial charge < -0.3 is 0 Å². The summed E-state index contributed by atoms with van der Waals surface area (Å²) < 4.78 is 0.945. The Morgan fingerprint density at radius 1 is 1.27 bits per heavy atom. The van der Waals surface area contributed by atoms with Gasteiger partial charge in [0, 0.05) is 22.2 Å². The number of nitrogens with zero attached hydrogens (tertiary/aromatic N) is 2. The molecule has 0 aromatic heterocycles. The molecular formula is C15H12BrN3O3. The minimum Gasteiger partial charge on any atom is -0.273 e. The van der Waals surface area contributed by atoms with Gasteiger partial charge in [0.1, 0.15) is 0 Å². The van der Waals surface area contributed by atoms with Crippen molar-refractivity contribution in [3.8, 4) is 0 Å². The van der Waals surface area contributed by atoms with Crippen molar-refractivity contribution < 1.29 is 9.72 Å². The summed E-state index contributed by atoms with van der Waals surface area (Å²) in [6.45, 7) is 0. The van der Waals surface area contributed by atoms with Crippen molar-refractivity contribution in [3.63, 3.8) is 0 Å². The van der Waals surface area contributed by atoms with E-state index in [1.165, 1.54) is 18.3 Å². The highest BCUT2D eigenvalue weighted by molar-refractivity contribution is 9.10. The second-order valence-corrected chi connectivity index (χ2v) is 5.36. The third-order valence-corrected chi connectivity index (χ3v) is 3.29. The van der Waals surface area contributed by atoms with Gasteiger partial charge in [0.25, 0.3) is 5.69 Å². The number of benzene rings is 2. The number of hydrogen-bond donors (Lipinski definition) is 1. The highest BCUT2D eigenvalue weighted by Gasteiger charge is 2.04. The van der Waals surface area contributed by atoms with Gasteiger partial charge in [0.05, 0.1) is 17.6 Å². The van der Waals surface area contributed by atoms with E-state index < -0.39 is 4.92 Å². The topological polar surface area (TPSA) is 84.6 Å². The van der Waals surface area contributed by atoms with Gasteiger partial charge in [-0.3, -0.25) is 14.9 Å². The minimum absolute atomic E-state index is 0.0230. The van der Waals surface area contributed by atoms with Crippen LogP contribution in [0.15, 0.2) is 58.1 Å². The molecule has 2 aromatic carbocycles. The number of nitrogens with one attached hydrogen (secondary N) is 1. The Hall–Kier alpha value is -2.54. The Bertz CT molecular complexity index is 714. The molecule has 0 fully saturated rings. The third kappa shape index (κ3) is 4.78. The standard InChI is InChI=1S/C15H12BrN3O3/c16-13-6-4-11(5-7-13)9-15(20)18-17-10-12-2-1-3-14(8-12)19(21)22/h1-8,10H,9H2,(H,18,20). The van der Waals surface area contributed by atoms with E-state index in [9.17, 15) is 14.9 Å². The van der Waals surface area contributed by atoms with Crippen molar-refractivity contribution in [2.75, 3.05) is 0 Å². The lowest BCUT2D eigenvalue weighted by Gasteiger charge is -2.00. The molecule has 0 saturated heterocycles. The fourth-order valence-corrected chi connectivity index (χ4v) is 1.99. The summed E-state index contributed by atoms with van der Waals surface area (Å²) in [6, 6.07) is 13.4. The zero-order valence-corrected chi connectivity index (χ0v) is 13.0. The summed E-state index contributed by atoms with van der Waals surface area (Å²) >= 11 is 3.32. The average molecular weight is 362 g/mol. The average Bonchev–Trinajstić information content (AvgIpc) is 2.50. The Labute approximate surface area is 135 Å². The van der Waals surface area contributed by atoms with Crippen LogP contribution in [-0.4, -0.2) is 17.0 Å². The molecule has 7 heteroatoms. The maximum atomic E-state index is 11.7. The molecule has 6 nitrogen and oxygen atoms in total. The first kappa shape index (κ1) is 15.8. The van der Waals surface area contributed by atoms with Gasteiger partial charge in [-0.1, -0.05) is 40.2 Å². The van der Waals surface area contributed by atoms with Gasteiger partial charge in [0.15, 0.2) is 0 Å². The van der Waals surface area contributed by atoms with Crippen molar-refractivity contribution in [3.05, 3.63) is 74.2 Å². The zero-order chi connectivity index (χ0) is 15.9. The van der Waals surface area contributed by atoms with E-state index in [2.05, 4.69) is 26.5 Å². The number of halogens is 1. The molecule has 0 bridgehead atoms. The van der Waals surface area contributed by atoms with Crippen LogP contribution in [0.25, 0.3) is 0 Å². The minimum atomic E-state index is -0.483. The molecular weight excluding hydrogens is 350 g/mol. The van der Waals surface area contributed by atoms with E-state index in [-0.39, 0.29) is 18.0 Å². The van der Waals surface area contributed by atoms with Crippen molar-refractivity contribution in [1.82, 2.24) is 5.43 Å². The summed E-state index contributed by atoms with van der Waals surface area (Å²) in [5, 5.41) is 14.4. The second kappa shape index (κ2) is 7.46. The molecule has 0 radical (unpaired) electrons. The van der Waals surface area contributed by atoms with Gasteiger partial charge in [-0.15, -0.1) is 0 Å². The molecule has 0 aliphatic rings. The molecule has 0 heterocycles. The number of carbonyl (C=O) groups is 1. The van der Waals surface area contributed by atoms with E-state index in [1.807, 2.05) is 24.3 Å². The van der Waals surface area contributed by atoms with E-state index in [4.69, 9.17) is 0 Å². The molecule has 112 valence electrons. The van der Waals surface area contributed by atoms with Crippen LogP contribution in [0.2, 0.25) is 0 Å². The van der Waals surface area contributed by atoms with Crippen LogP contribution in [-0.2, 0) is 11.2 Å². The summed E-state index contributed by atoms with van der Waals surface area (Å²) in [6.07, 6.45) is 1.58. The lowest BCUT2D eigenvalue weighted by Crippen LogP contribution is -2.19. The number of non-ortho nitro benzene ring substituents is 1. The van der Waals surface area contributed by atoms with Crippen LogP contribution in [0, 0.1) is 10.1 Å². The molecule has 1 amide bonds. The van der Waals surface area contributed by atoms with Gasteiger partial charge in [-0.25, -0.2) is 5.43 Å². The smallest absolute Gasteiger partial charge is 0.270 e. The summed E-state index contributed by atoms with van der Waals surface area (Å²) in [5.74, 6) is -0.260. The first-order valence-corrected chi connectivity index (χ1v) is 7.15. The van der Waals surface area contributed by atoms with Crippen LogP contribution in [0.4, 0.5) is 5.69 Å². The first-order chi connectivity index (χ1) is 10.5. The second-order valence-electron chi connectivity index (χ2n) is 4.45. The molecule has 22 heavy (non-hydrogen) atoms. The van der Waals surface area contributed by atoms with E-state index in [0.29, 0.717) is 5.56 Å². The SMILES string of the molecule is O=C(Cc1ccc(Br)cc1)NN=Cc1cccc([N+](=O)[O-])c1. The maximum absolute atomic E-state index is 11.7. The van der Waals surface area contributed by atoms with E-state index >= 15 is 0 Å². The molecule has 0 spiro atoms. The summed E-state index contributed by atoms with van der Waals surface area (Å²) in [5.41, 5.74) is 3.78. The van der Waals surface area contributed by atoms with Crippen molar-refractivity contribution in [2.24, 2.45) is 5.10 Å². The van der Waals surface area contributed by atoms with Gasteiger partial charge in [0.2, 0.25) is 5.91 Å². The number of nitro groups is 1. The van der Waals surface area contributed by atoms with Crippen LogP contribution in [0.3, 0.4) is 0 Å². The largest absolute Gasteiger partial charge is 0.273 e. The quantitative estimate of drug-likeness (QED) is 0.504. The van der Waals surface area contributed by atoms with Crippen LogP contribution in [0.1, 0.15) is 11.1 Å². The Kier molecular flexibility index (Phi) is 5.37. The van der Waals surface area contributed by atoms with Gasteiger partial charge >= 0.3 is 0 Å². The first-order valence-electron chi connectivity index (χ1n) is 6.35. The number of nitro benzene ring substituents is 1. The maximum Gasteiger partial charge on any atom is 0.270 e. The van der Waals surface area contributed by atoms with Crippen LogP contribution >= 0.6 is 15.9 Å². The predicted octanol–water partition coefficient (Wildman–Crippen LogP) is 3.05. The molecule has 0 atom stereocenters. The lowest BCUT2D eigenvalue weighted by atomic mass is 10.1. The highest BCUT2D eigenvalue weighted by Crippen LogP contribution is 2.12. The fraction of sp³-hybridized carbons (Fsp3) is 0.0667. The van der Waals surface area contributed by atoms with Gasteiger partial charge in [-0.2, -0.15) is 5.10 Å². The third-order valence-electron chi connectivity index (χ3n) is 2.76. The monoisotopic (exact) mass is 361 g/mol. The van der Waals surface area contributed by atoms with Crippen molar-refractivity contribution >= 4 is 33.7 Å². The van der Waals surface area contributed by atoms with Gasteiger partial charge in [-0.05, 0) is 17.7 Å². The van der Waals surface area contributed by atoms with Crippen molar-refractivity contribution in [2.45, 2.75) is 6.42 Å². The molecule has 1 N–H and O–H groups in total. The fourth-order valence-electron chi connectivity index (χ4n) is 1.72. The lowest BCUT2D eigenvalue weighted by molar-refractivity contribution is -0.384. The predicted molar refractivity (Wildman–Crippen MR) is 86.7 cm³/mol. The number of amides is 1. The highest BCUT2D eigenvalue weighted by atomic mass is 79.9. The van der Waals surface area contributed by atoms with Crippen LogP contribution < -0.4 is 5.43 Å². The Balaban J connectivity index is 1.91. The summed E-state index contributed by atoms with van der Waals surface area (Å²) in [7, 11) is 0. The van der Waals surface area contributed by atoms with E-state index in [0.717, 1.165) is 10.0 Å². The number of rotatable bonds is 5. The Morgan fingerprint density at radius 3 is 2.68 bits per heavy atom. The molecule has 0 unspecified atom stereocenters. The molecule has 0 aliphatic carbocycles. The Morgan fingerprint density at radius 2 is 2.00 bits per heavy atom. The molecule has 0 aliphatic heterocycles. The normalized spacial score (nSPS) is 10.6. The number of hydrogen-bond acceptors (Lipinski definition) is 4. The molecule has 2 aromatic rings. The van der Waals surface area contributed by atoms with Crippen molar-refractivity contribution in [1.29, 1.82) is 0 Å². The molecule has 2 rings (SSSR count). The zero-order valence-electron chi connectivity index (χ0n) is 11.4. The van der Waals surface area contributed by atoms with Crippen LogP contribution in [0.5, 0.6) is 0 Å². The number of carbonyl (C=O) groups excluding carboxylic acids is 1. The molecule has 0 saturated carbocycles. The van der Waals surface area contributed by atoms with E-state index in [1.54, 1.807) is 12.1 Å².